The third kappa shape index (κ3) is 5.04. The Morgan fingerprint density at radius 1 is 1.08 bits per heavy atom. The predicted octanol–water partition coefficient (Wildman–Crippen LogP) is -5.58. The van der Waals surface area contributed by atoms with Crippen molar-refractivity contribution >= 4 is 5.97 Å². The maximum atomic E-state index is 11.3. The highest BCUT2D eigenvalue weighted by atomic mass is 16.7. The smallest absolute Gasteiger partial charge is 0.337 e. The second-order valence-corrected chi connectivity index (χ2v) is 5.51. The largest absolute Gasteiger partial charge is 0.467 e. The molecule has 1 aliphatic rings. The highest BCUT2D eigenvalue weighted by Crippen LogP contribution is 2.25. The molecule has 2 unspecified atom stereocenters. The number of carbonyl (C=O) groups is 1. The first kappa shape index (κ1) is 22.1. The fourth-order valence-electron chi connectivity index (χ4n) is 2.28. The lowest BCUT2D eigenvalue weighted by Gasteiger charge is -2.42. The van der Waals surface area contributed by atoms with Gasteiger partial charge in [-0.05, 0) is 0 Å². The monoisotopic (exact) mass is 372 g/mol. The minimum Gasteiger partial charge on any atom is -0.467 e. The molecule has 0 spiro atoms. The molecule has 0 aromatic carbocycles. The average Bonchev–Trinajstić information content (AvgIpc) is 2.63. The minimum atomic E-state index is -2.15. The van der Waals surface area contributed by atoms with Gasteiger partial charge >= 0.3 is 5.97 Å². The summed E-state index contributed by atoms with van der Waals surface area (Å²) in [5.41, 5.74) is 0. The van der Waals surface area contributed by atoms with Gasteiger partial charge in [-0.15, -0.1) is 0 Å². The quantitative estimate of drug-likeness (QED) is 0.188. The summed E-state index contributed by atoms with van der Waals surface area (Å²) >= 11 is 0. The number of aliphatic hydroxyl groups excluding tert-OH is 8. The van der Waals surface area contributed by atoms with Crippen LogP contribution in [0.4, 0.5) is 0 Å². The summed E-state index contributed by atoms with van der Waals surface area (Å²) in [6.45, 7) is -1.70. The van der Waals surface area contributed by atoms with Crippen LogP contribution in [-0.4, -0.2) is 122 Å². The molecule has 1 aliphatic heterocycles. The summed E-state index contributed by atoms with van der Waals surface area (Å²) in [5, 5.41) is 76.8. The van der Waals surface area contributed by atoms with Gasteiger partial charge in [-0.1, -0.05) is 0 Å². The van der Waals surface area contributed by atoms with Crippen molar-refractivity contribution in [3.8, 4) is 0 Å². The number of methoxy groups -OCH3 is 1. The van der Waals surface area contributed by atoms with E-state index in [0.717, 1.165) is 7.11 Å². The van der Waals surface area contributed by atoms with E-state index in [9.17, 15) is 35.4 Å². The van der Waals surface area contributed by atoms with Gasteiger partial charge < -0.3 is 55.1 Å². The lowest BCUT2D eigenvalue weighted by molar-refractivity contribution is -0.326. The lowest BCUT2D eigenvalue weighted by atomic mass is 9.98. The Morgan fingerprint density at radius 2 is 1.68 bits per heavy atom. The molecule has 148 valence electrons. The van der Waals surface area contributed by atoms with Crippen LogP contribution < -0.4 is 0 Å². The SMILES string of the molecule is COC(=O)[C@H](O)[C@@H](O)[C@H](O[C@H]1OC(CO)[C@@H](O)[C@H](O)C1O)[C@H](O)CO. The van der Waals surface area contributed by atoms with E-state index in [0.29, 0.717) is 0 Å². The Labute approximate surface area is 142 Å². The Bertz CT molecular complexity index is 418. The van der Waals surface area contributed by atoms with Crippen molar-refractivity contribution < 1.29 is 59.9 Å². The van der Waals surface area contributed by atoms with Gasteiger partial charge in [0, 0.05) is 0 Å². The van der Waals surface area contributed by atoms with E-state index in [-0.39, 0.29) is 0 Å². The van der Waals surface area contributed by atoms with Crippen LogP contribution in [0.5, 0.6) is 0 Å². The van der Waals surface area contributed by atoms with Gasteiger partial charge in [-0.3, -0.25) is 0 Å². The van der Waals surface area contributed by atoms with Crippen molar-refractivity contribution in [2.24, 2.45) is 0 Å². The number of esters is 1. The van der Waals surface area contributed by atoms with Crippen molar-refractivity contribution in [2.45, 2.75) is 55.1 Å². The molecule has 1 saturated heterocycles. The summed E-state index contributed by atoms with van der Waals surface area (Å²) in [5.74, 6) is -1.25. The van der Waals surface area contributed by atoms with Crippen LogP contribution in [-0.2, 0) is 19.0 Å². The second kappa shape index (κ2) is 9.68. The molecule has 12 heteroatoms. The molecule has 1 heterocycles. The normalized spacial score (nSPS) is 34.8. The highest BCUT2D eigenvalue weighted by Gasteiger charge is 2.47. The zero-order valence-electron chi connectivity index (χ0n) is 13.3. The fourth-order valence-corrected chi connectivity index (χ4v) is 2.28. The molecule has 0 aliphatic carbocycles. The molecule has 9 atom stereocenters. The summed E-state index contributed by atoms with van der Waals surface area (Å²) in [6.07, 6.45) is -16.3. The Kier molecular flexibility index (Phi) is 8.56. The van der Waals surface area contributed by atoms with Gasteiger partial charge in [-0.25, -0.2) is 4.79 Å². The van der Waals surface area contributed by atoms with Crippen LogP contribution in [0.25, 0.3) is 0 Å². The van der Waals surface area contributed by atoms with E-state index in [1.807, 2.05) is 0 Å². The molecule has 0 aromatic heterocycles. The van der Waals surface area contributed by atoms with E-state index in [1.165, 1.54) is 0 Å². The zero-order valence-corrected chi connectivity index (χ0v) is 13.3. The molecule has 0 saturated carbocycles. The van der Waals surface area contributed by atoms with Crippen LogP contribution in [0, 0.1) is 0 Å². The molecule has 12 nitrogen and oxygen atoms in total. The standard InChI is InChI=1S/C13H24O12/c1-23-12(22)9(20)8(19)11(4(16)2-14)25-13-10(21)7(18)6(17)5(3-15)24-13/h4-11,13-21H,2-3H2,1H3/t4-,5?,6-,7+,8-,9-,10?,11-,13-/m1/s1. The number of aliphatic hydroxyl groups is 8. The van der Waals surface area contributed by atoms with E-state index in [2.05, 4.69) is 4.74 Å². The molecule has 25 heavy (non-hydrogen) atoms. The van der Waals surface area contributed by atoms with Crippen LogP contribution in [0.3, 0.4) is 0 Å². The van der Waals surface area contributed by atoms with Crippen molar-refractivity contribution in [1.29, 1.82) is 0 Å². The van der Waals surface area contributed by atoms with Gasteiger partial charge in [0.25, 0.3) is 0 Å². The van der Waals surface area contributed by atoms with Crippen molar-refractivity contribution in [1.82, 2.24) is 0 Å². The maximum Gasteiger partial charge on any atom is 0.337 e. The summed E-state index contributed by atoms with van der Waals surface area (Å²) in [7, 11) is 0.939. The van der Waals surface area contributed by atoms with Gasteiger partial charge in [0.05, 0.1) is 20.3 Å². The average molecular weight is 372 g/mol. The van der Waals surface area contributed by atoms with Crippen LogP contribution in [0.2, 0.25) is 0 Å². The molecule has 0 radical (unpaired) electrons. The van der Waals surface area contributed by atoms with Crippen LogP contribution in [0.1, 0.15) is 0 Å². The number of rotatable bonds is 8. The summed E-state index contributed by atoms with van der Waals surface area (Å²) in [6, 6.07) is 0. The Morgan fingerprint density at radius 3 is 2.16 bits per heavy atom. The minimum absolute atomic E-state index is 0.745. The van der Waals surface area contributed by atoms with E-state index >= 15 is 0 Å². The summed E-state index contributed by atoms with van der Waals surface area (Å²) in [4.78, 5) is 11.3. The van der Waals surface area contributed by atoms with E-state index in [4.69, 9.17) is 19.7 Å². The third-order valence-corrected chi connectivity index (χ3v) is 3.81. The third-order valence-electron chi connectivity index (χ3n) is 3.81. The Hall–Kier alpha value is -0.930. The number of hydrogen-bond acceptors (Lipinski definition) is 12. The molecule has 0 aromatic rings. The predicted molar refractivity (Wildman–Crippen MR) is 75.8 cm³/mol. The number of carbonyl (C=O) groups excluding carboxylic acids is 1. The van der Waals surface area contributed by atoms with Gasteiger partial charge in [-0.2, -0.15) is 0 Å². The van der Waals surface area contributed by atoms with Crippen LogP contribution >= 0.6 is 0 Å². The first-order valence-corrected chi connectivity index (χ1v) is 7.38. The first-order valence-electron chi connectivity index (χ1n) is 7.38. The lowest BCUT2D eigenvalue weighted by Crippen LogP contribution is -2.61. The molecular formula is C13H24O12. The first-order chi connectivity index (χ1) is 11.7. The summed E-state index contributed by atoms with van der Waals surface area (Å²) < 4.78 is 14.4. The number of hydrogen-bond donors (Lipinski definition) is 8. The van der Waals surface area contributed by atoms with Crippen molar-refractivity contribution in [3.05, 3.63) is 0 Å². The zero-order chi connectivity index (χ0) is 19.3. The Balaban J connectivity index is 2.95. The fraction of sp³-hybridized carbons (Fsp3) is 0.923. The van der Waals surface area contributed by atoms with Crippen molar-refractivity contribution in [2.75, 3.05) is 20.3 Å². The van der Waals surface area contributed by atoms with Crippen LogP contribution in [0.15, 0.2) is 0 Å². The maximum absolute atomic E-state index is 11.3. The van der Waals surface area contributed by atoms with E-state index in [1.54, 1.807) is 0 Å². The molecule has 1 rings (SSSR count). The van der Waals surface area contributed by atoms with Gasteiger partial charge in [0.15, 0.2) is 12.4 Å². The van der Waals surface area contributed by atoms with Gasteiger partial charge in [0.1, 0.15) is 42.7 Å². The highest BCUT2D eigenvalue weighted by molar-refractivity contribution is 5.75. The van der Waals surface area contributed by atoms with Crippen molar-refractivity contribution in [3.63, 3.8) is 0 Å². The second-order valence-electron chi connectivity index (χ2n) is 5.51. The molecule has 0 bridgehead atoms. The molecular weight excluding hydrogens is 348 g/mol. The van der Waals surface area contributed by atoms with E-state index < -0.39 is 74.3 Å². The number of ether oxygens (including phenoxy) is 3. The topological polar surface area (TPSA) is 207 Å². The molecule has 0 amide bonds. The van der Waals surface area contributed by atoms with Gasteiger partial charge in [0.2, 0.25) is 0 Å². The molecule has 8 N–H and O–H groups in total. The molecule has 1 fully saturated rings.